The zero-order valence-corrected chi connectivity index (χ0v) is 12.5. The SMILES string of the molecule is COc1ccc(OC2CCCN(C(C)(C)C)C2)cc1. The summed E-state index contributed by atoms with van der Waals surface area (Å²) < 4.78 is 11.2. The highest BCUT2D eigenvalue weighted by atomic mass is 16.5. The maximum atomic E-state index is 6.08. The van der Waals surface area contributed by atoms with Crippen molar-refractivity contribution >= 4 is 0 Å². The highest BCUT2D eigenvalue weighted by Gasteiger charge is 2.28. The molecule has 0 spiro atoms. The van der Waals surface area contributed by atoms with Crippen molar-refractivity contribution in [3.63, 3.8) is 0 Å². The van der Waals surface area contributed by atoms with Gasteiger partial charge < -0.3 is 9.47 Å². The van der Waals surface area contributed by atoms with Gasteiger partial charge in [0.2, 0.25) is 0 Å². The molecule has 1 saturated heterocycles. The van der Waals surface area contributed by atoms with Crippen molar-refractivity contribution in [3.8, 4) is 11.5 Å². The smallest absolute Gasteiger partial charge is 0.120 e. The van der Waals surface area contributed by atoms with Crippen molar-refractivity contribution in [2.24, 2.45) is 0 Å². The molecule has 0 aliphatic carbocycles. The molecule has 1 heterocycles. The average Bonchev–Trinajstić information content (AvgIpc) is 2.39. The molecule has 0 radical (unpaired) electrons. The Bertz CT molecular complexity index is 394. The predicted octanol–water partition coefficient (Wildman–Crippen LogP) is 3.34. The molecule has 0 aromatic heterocycles. The summed E-state index contributed by atoms with van der Waals surface area (Å²) in [5, 5.41) is 0. The van der Waals surface area contributed by atoms with Gasteiger partial charge in [0.25, 0.3) is 0 Å². The zero-order valence-electron chi connectivity index (χ0n) is 12.5. The third kappa shape index (κ3) is 3.87. The number of hydrogen-bond acceptors (Lipinski definition) is 3. The lowest BCUT2D eigenvalue weighted by atomic mass is 9.99. The first-order chi connectivity index (χ1) is 8.99. The second-order valence-corrected chi connectivity index (χ2v) is 6.17. The standard InChI is InChI=1S/C16H25NO2/c1-16(2,3)17-11-5-6-15(12-17)19-14-9-7-13(18-4)8-10-14/h7-10,15H,5-6,11-12H2,1-4H3. The Kier molecular flexibility index (Phi) is 4.35. The fourth-order valence-corrected chi connectivity index (χ4v) is 2.49. The van der Waals surface area contributed by atoms with Gasteiger partial charge in [-0.3, -0.25) is 4.90 Å². The van der Waals surface area contributed by atoms with E-state index in [4.69, 9.17) is 9.47 Å². The maximum Gasteiger partial charge on any atom is 0.120 e. The van der Waals surface area contributed by atoms with Crippen molar-refractivity contribution in [2.45, 2.75) is 45.3 Å². The van der Waals surface area contributed by atoms with Crippen LogP contribution in [0.5, 0.6) is 11.5 Å². The molecule has 2 rings (SSSR count). The summed E-state index contributed by atoms with van der Waals surface area (Å²) in [5.41, 5.74) is 0.224. The Labute approximate surface area is 116 Å². The summed E-state index contributed by atoms with van der Waals surface area (Å²) >= 11 is 0. The predicted molar refractivity (Wildman–Crippen MR) is 78.0 cm³/mol. The average molecular weight is 263 g/mol. The Morgan fingerprint density at radius 3 is 2.32 bits per heavy atom. The summed E-state index contributed by atoms with van der Waals surface area (Å²) in [6, 6.07) is 7.85. The quantitative estimate of drug-likeness (QED) is 0.835. The number of rotatable bonds is 3. The van der Waals surface area contributed by atoms with E-state index in [0.717, 1.165) is 24.5 Å². The van der Waals surface area contributed by atoms with Gasteiger partial charge in [-0.2, -0.15) is 0 Å². The molecule has 19 heavy (non-hydrogen) atoms. The fourth-order valence-electron chi connectivity index (χ4n) is 2.49. The van der Waals surface area contributed by atoms with Crippen LogP contribution >= 0.6 is 0 Å². The summed E-state index contributed by atoms with van der Waals surface area (Å²) in [6.45, 7) is 8.98. The molecule has 1 aliphatic rings. The minimum Gasteiger partial charge on any atom is -0.497 e. The van der Waals surface area contributed by atoms with Gasteiger partial charge in [0.15, 0.2) is 0 Å². The van der Waals surface area contributed by atoms with Gasteiger partial charge >= 0.3 is 0 Å². The number of hydrogen-bond donors (Lipinski definition) is 0. The molecule has 1 unspecified atom stereocenters. The van der Waals surface area contributed by atoms with Crippen LogP contribution in [0.3, 0.4) is 0 Å². The maximum absolute atomic E-state index is 6.08. The van der Waals surface area contributed by atoms with Crippen LogP contribution in [0, 0.1) is 0 Å². The molecule has 0 N–H and O–H groups in total. The monoisotopic (exact) mass is 263 g/mol. The van der Waals surface area contributed by atoms with Gasteiger partial charge in [0.1, 0.15) is 17.6 Å². The van der Waals surface area contributed by atoms with Crippen molar-refractivity contribution in [2.75, 3.05) is 20.2 Å². The fraction of sp³-hybridized carbons (Fsp3) is 0.625. The lowest BCUT2D eigenvalue weighted by Crippen LogP contribution is -2.50. The number of benzene rings is 1. The van der Waals surface area contributed by atoms with Gasteiger partial charge in [-0.05, 0) is 64.4 Å². The number of nitrogens with zero attached hydrogens (tertiary/aromatic N) is 1. The molecular formula is C16H25NO2. The third-order valence-corrected chi connectivity index (χ3v) is 3.69. The van der Waals surface area contributed by atoms with Crippen LogP contribution in [0.1, 0.15) is 33.6 Å². The highest BCUT2D eigenvalue weighted by Crippen LogP contribution is 2.24. The largest absolute Gasteiger partial charge is 0.497 e. The van der Waals surface area contributed by atoms with Gasteiger partial charge in [0, 0.05) is 12.1 Å². The summed E-state index contributed by atoms with van der Waals surface area (Å²) in [7, 11) is 1.68. The Hall–Kier alpha value is -1.22. The molecule has 106 valence electrons. The highest BCUT2D eigenvalue weighted by molar-refractivity contribution is 5.31. The Balaban J connectivity index is 1.94. The molecule has 1 atom stereocenters. The van der Waals surface area contributed by atoms with Crippen LogP contribution in [0.15, 0.2) is 24.3 Å². The normalized spacial score (nSPS) is 21.2. The van der Waals surface area contributed by atoms with E-state index in [-0.39, 0.29) is 5.54 Å². The van der Waals surface area contributed by atoms with Gasteiger partial charge in [0.05, 0.1) is 7.11 Å². The molecule has 3 heteroatoms. The van der Waals surface area contributed by atoms with Crippen molar-refractivity contribution < 1.29 is 9.47 Å². The van der Waals surface area contributed by atoms with Gasteiger partial charge in [-0.25, -0.2) is 0 Å². The number of piperidine rings is 1. The van der Waals surface area contributed by atoms with E-state index in [9.17, 15) is 0 Å². The van der Waals surface area contributed by atoms with Crippen molar-refractivity contribution in [1.29, 1.82) is 0 Å². The van der Waals surface area contributed by atoms with Gasteiger partial charge in [-0.1, -0.05) is 0 Å². The molecule has 0 saturated carbocycles. The Morgan fingerprint density at radius 1 is 1.11 bits per heavy atom. The van der Waals surface area contributed by atoms with Crippen molar-refractivity contribution in [3.05, 3.63) is 24.3 Å². The molecule has 3 nitrogen and oxygen atoms in total. The molecule has 1 aromatic rings. The summed E-state index contributed by atoms with van der Waals surface area (Å²) in [5.74, 6) is 1.80. The van der Waals surface area contributed by atoms with E-state index < -0.39 is 0 Å². The van der Waals surface area contributed by atoms with Crippen LogP contribution in [0.2, 0.25) is 0 Å². The third-order valence-electron chi connectivity index (χ3n) is 3.69. The molecule has 0 amide bonds. The molecule has 1 fully saturated rings. The number of methoxy groups -OCH3 is 1. The van der Waals surface area contributed by atoms with Crippen LogP contribution in [0.4, 0.5) is 0 Å². The lowest BCUT2D eigenvalue weighted by molar-refractivity contribution is 0.0346. The van der Waals surface area contributed by atoms with Gasteiger partial charge in [-0.15, -0.1) is 0 Å². The molecular weight excluding hydrogens is 238 g/mol. The topological polar surface area (TPSA) is 21.7 Å². The van der Waals surface area contributed by atoms with E-state index >= 15 is 0 Å². The first kappa shape index (κ1) is 14.2. The Morgan fingerprint density at radius 2 is 1.74 bits per heavy atom. The summed E-state index contributed by atoms with van der Waals surface area (Å²) in [6.07, 6.45) is 2.64. The van der Waals surface area contributed by atoms with E-state index in [0.29, 0.717) is 6.10 Å². The minimum absolute atomic E-state index is 0.224. The second-order valence-electron chi connectivity index (χ2n) is 6.17. The van der Waals surface area contributed by atoms with E-state index in [1.54, 1.807) is 7.11 Å². The van der Waals surface area contributed by atoms with Crippen LogP contribution in [-0.2, 0) is 0 Å². The van der Waals surface area contributed by atoms with E-state index in [1.807, 2.05) is 24.3 Å². The van der Waals surface area contributed by atoms with E-state index in [1.165, 1.54) is 13.0 Å². The van der Waals surface area contributed by atoms with Crippen molar-refractivity contribution in [1.82, 2.24) is 4.90 Å². The molecule has 1 aromatic carbocycles. The second kappa shape index (κ2) is 5.83. The number of ether oxygens (including phenoxy) is 2. The minimum atomic E-state index is 0.224. The van der Waals surface area contributed by atoms with Crippen LogP contribution in [-0.4, -0.2) is 36.7 Å². The lowest BCUT2D eigenvalue weighted by Gasteiger charge is -2.41. The van der Waals surface area contributed by atoms with Crippen LogP contribution < -0.4 is 9.47 Å². The van der Waals surface area contributed by atoms with Crippen LogP contribution in [0.25, 0.3) is 0 Å². The zero-order chi connectivity index (χ0) is 13.9. The molecule has 1 aliphatic heterocycles. The van der Waals surface area contributed by atoms with E-state index in [2.05, 4.69) is 25.7 Å². The first-order valence-electron chi connectivity index (χ1n) is 7.05. The number of likely N-dealkylation sites (tertiary alicyclic amines) is 1. The summed E-state index contributed by atoms with van der Waals surface area (Å²) in [4.78, 5) is 2.50. The first-order valence-corrected chi connectivity index (χ1v) is 7.05. The molecule has 0 bridgehead atoms.